The fourth-order valence-corrected chi connectivity index (χ4v) is 0.760. The molecule has 0 aromatic heterocycles. The van der Waals surface area contributed by atoms with Crippen molar-refractivity contribution in [3.63, 3.8) is 0 Å². The van der Waals surface area contributed by atoms with E-state index >= 15 is 0 Å². The Balaban J connectivity index is 3.63. The average Bonchev–Trinajstić information content (AvgIpc) is 2.05. The molecule has 5 heteroatoms. The van der Waals surface area contributed by atoms with Gasteiger partial charge >= 0.3 is 0 Å². The highest BCUT2D eigenvalue weighted by atomic mass is 16.2. The number of hydrogen-bond acceptors (Lipinski definition) is 4. The largest absolute Gasteiger partial charge is 0.330 e. The molecule has 0 aliphatic heterocycles. The lowest BCUT2D eigenvalue weighted by molar-refractivity contribution is -0.119. The molecule has 0 heterocycles. The number of carbonyl (C=O) groups excluding carboxylic acids is 2. The second-order valence-corrected chi connectivity index (χ2v) is 2.43. The van der Waals surface area contributed by atoms with Gasteiger partial charge in [0.1, 0.15) is 0 Å². The van der Waals surface area contributed by atoms with Gasteiger partial charge in [-0.1, -0.05) is 6.42 Å². The number of rotatable bonds is 5. The third-order valence-corrected chi connectivity index (χ3v) is 1.44. The van der Waals surface area contributed by atoms with Crippen molar-refractivity contribution in [2.24, 2.45) is 16.5 Å². The van der Waals surface area contributed by atoms with E-state index in [2.05, 4.69) is 4.99 Å². The van der Waals surface area contributed by atoms with Crippen LogP contribution in [0.3, 0.4) is 0 Å². The van der Waals surface area contributed by atoms with Gasteiger partial charge in [0, 0.05) is 0 Å². The second-order valence-electron chi connectivity index (χ2n) is 2.43. The standard InChI is InChI=1S/C7H13N3O2/c8-4-2-1-3-6(9)7(12)10-5-11/h6H,1-4,8-9H2. The highest BCUT2D eigenvalue weighted by Crippen LogP contribution is 1.98. The molecule has 68 valence electrons. The Hall–Kier alpha value is -1.03. The van der Waals surface area contributed by atoms with E-state index in [0.29, 0.717) is 13.0 Å². The lowest BCUT2D eigenvalue weighted by Gasteiger charge is -2.04. The number of aliphatic imine (C=N–C) groups is 1. The summed E-state index contributed by atoms with van der Waals surface area (Å²) >= 11 is 0. The van der Waals surface area contributed by atoms with Crippen LogP contribution in [0.4, 0.5) is 0 Å². The van der Waals surface area contributed by atoms with Crippen LogP contribution in [0.2, 0.25) is 0 Å². The lowest BCUT2D eigenvalue weighted by atomic mass is 10.1. The van der Waals surface area contributed by atoms with Crippen LogP contribution < -0.4 is 11.5 Å². The zero-order valence-electron chi connectivity index (χ0n) is 6.82. The number of nitrogens with two attached hydrogens (primary N) is 2. The smallest absolute Gasteiger partial charge is 0.273 e. The summed E-state index contributed by atoms with van der Waals surface area (Å²) in [5.41, 5.74) is 10.6. The van der Waals surface area contributed by atoms with Crippen molar-refractivity contribution in [2.45, 2.75) is 25.3 Å². The van der Waals surface area contributed by atoms with Gasteiger partial charge in [-0.05, 0) is 19.4 Å². The summed E-state index contributed by atoms with van der Waals surface area (Å²) in [5, 5.41) is 0. The van der Waals surface area contributed by atoms with E-state index in [0.717, 1.165) is 18.9 Å². The first-order valence-electron chi connectivity index (χ1n) is 3.79. The Morgan fingerprint density at radius 2 is 2.17 bits per heavy atom. The summed E-state index contributed by atoms with van der Waals surface area (Å²) in [4.78, 5) is 23.3. The van der Waals surface area contributed by atoms with Crippen molar-refractivity contribution in [1.82, 2.24) is 0 Å². The Labute approximate surface area is 70.8 Å². The molecule has 1 amide bonds. The third-order valence-electron chi connectivity index (χ3n) is 1.44. The minimum Gasteiger partial charge on any atom is -0.330 e. The third kappa shape index (κ3) is 4.73. The molecule has 0 spiro atoms. The van der Waals surface area contributed by atoms with Crippen LogP contribution in [0.25, 0.3) is 0 Å². The van der Waals surface area contributed by atoms with Gasteiger partial charge in [0.2, 0.25) is 6.08 Å². The molecular formula is C7H13N3O2. The second kappa shape index (κ2) is 6.67. The fraction of sp³-hybridized carbons (Fsp3) is 0.714. The maximum atomic E-state index is 10.8. The topological polar surface area (TPSA) is 98.5 Å². The first kappa shape index (κ1) is 11.0. The Bertz CT molecular complexity index is 187. The van der Waals surface area contributed by atoms with Crippen LogP contribution in [-0.2, 0) is 9.59 Å². The van der Waals surface area contributed by atoms with Crippen LogP contribution in [-0.4, -0.2) is 24.6 Å². The summed E-state index contributed by atoms with van der Waals surface area (Å²) in [6, 6.07) is -0.682. The predicted molar refractivity (Wildman–Crippen MR) is 44.0 cm³/mol. The monoisotopic (exact) mass is 171 g/mol. The van der Waals surface area contributed by atoms with Gasteiger partial charge < -0.3 is 11.5 Å². The Morgan fingerprint density at radius 3 is 2.67 bits per heavy atom. The molecule has 0 aromatic rings. The first-order chi connectivity index (χ1) is 5.72. The normalized spacial score (nSPS) is 11.8. The Morgan fingerprint density at radius 1 is 1.50 bits per heavy atom. The first-order valence-corrected chi connectivity index (χ1v) is 3.79. The zero-order valence-corrected chi connectivity index (χ0v) is 6.82. The number of hydrogen-bond donors (Lipinski definition) is 2. The summed E-state index contributed by atoms with van der Waals surface area (Å²) in [7, 11) is 0. The van der Waals surface area contributed by atoms with E-state index in [1.54, 1.807) is 0 Å². The Kier molecular flexibility index (Phi) is 6.09. The highest BCUT2D eigenvalue weighted by molar-refractivity contribution is 5.86. The van der Waals surface area contributed by atoms with Crippen molar-refractivity contribution >= 4 is 12.0 Å². The highest BCUT2D eigenvalue weighted by Gasteiger charge is 2.10. The molecular weight excluding hydrogens is 158 g/mol. The van der Waals surface area contributed by atoms with Crippen LogP contribution in [0, 0.1) is 0 Å². The molecule has 0 aliphatic carbocycles. The van der Waals surface area contributed by atoms with Gasteiger partial charge in [-0.3, -0.25) is 4.79 Å². The van der Waals surface area contributed by atoms with Gasteiger partial charge in [-0.15, -0.1) is 4.99 Å². The van der Waals surface area contributed by atoms with Crippen molar-refractivity contribution in [1.29, 1.82) is 0 Å². The summed E-state index contributed by atoms with van der Waals surface area (Å²) in [6.45, 7) is 0.581. The van der Waals surface area contributed by atoms with Gasteiger partial charge in [0.25, 0.3) is 5.91 Å². The van der Waals surface area contributed by atoms with Crippen molar-refractivity contribution in [3.05, 3.63) is 0 Å². The van der Waals surface area contributed by atoms with Crippen LogP contribution in [0.1, 0.15) is 19.3 Å². The molecule has 12 heavy (non-hydrogen) atoms. The molecule has 0 radical (unpaired) electrons. The number of nitrogens with zero attached hydrogens (tertiary/aromatic N) is 1. The molecule has 0 saturated heterocycles. The van der Waals surface area contributed by atoms with Crippen LogP contribution in [0.5, 0.6) is 0 Å². The summed E-state index contributed by atoms with van der Waals surface area (Å²) < 4.78 is 0. The number of isocyanates is 1. The van der Waals surface area contributed by atoms with E-state index in [9.17, 15) is 9.59 Å². The number of carbonyl (C=O) groups is 1. The zero-order chi connectivity index (χ0) is 9.40. The molecule has 0 aliphatic rings. The molecule has 1 atom stereocenters. The van der Waals surface area contributed by atoms with Gasteiger partial charge in [-0.25, -0.2) is 4.79 Å². The van der Waals surface area contributed by atoms with Gasteiger partial charge in [0.05, 0.1) is 6.04 Å². The summed E-state index contributed by atoms with van der Waals surface area (Å²) in [5.74, 6) is -0.609. The molecule has 5 nitrogen and oxygen atoms in total. The predicted octanol–water partition coefficient (Wildman–Crippen LogP) is -0.695. The fourth-order valence-electron chi connectivity index (χ4n) is 0.760. The average molecular weight is 171 g/mol. The van der Waals surface area contributed by atoms with Crippen LogP contribution >= 0.6 is 0 Å². The van der Waals surface area contributed by atoms with E-state index in [-0.39, 0.29) is 0 Å². The minimum atomic E-state index is -0.682. The number of unbranched alkanes of at least 4 members (excludes halogenated alkanes) is 1. The van der Waals surface area contributed by atoms with Gasteiger partial charge in [0.15, 0.2) is 0 Å². The van der Waals surface area contributed by atoms with Crippen molar-refractivity contribution in [2.75, 3.05) is 6.54 Å². The van der Waals surface area contributed by atoms with Crippen molar-refractivity contribution < 1.29 is 9.59 Å². The van der Waals surface area contributed by atoms with Crippen molar-refractivity contribution in [3.8, 4) is 0 Å². The molecule has 0 bridgehead atoms. The number of amides is 1. The SMILES string of the molecule is NCCCCC(N)C(=O)N=C=O. The molecule has 4 N–H and O–H groups in total. The maximum Gasteiger partial charge on any atom is 0.273 e. The van der Waals surface area contributed by atoms with Crippen LogP contribution in [0.15, 0.2) is 4.99 Å². The molecule has 0 aromatic carbocycles. The van der Waals surface area contributed by atoms with E-state index in [4.69, 9.17) is 11.5 Å². The van der Waals surface area contributed by atoms with E-state index in [1.807, 2.05) is 0 Å². The summed E-state index contributed by atoms with van der Waals surface area (Å²) in [6.07, 6.45) is 3.28. The molecule has 0 fully saturated rings. The quantitative estimate of drug-likeness (QED) is 0.325. The molecule has 0 saturated carbocycles. The molecule has 0 rings (SSSR count). The maximum absolute atomic E-state index is 10.8. The lowest BCUT2D eigenvalue weighted by Crippen LogP contribution is -2.28. The van der Waals surface area contributed by atoms with Gasteiger partial charge in [-0.2, -0.15) is 0 Å². The minimum absolute atomic E-state index is 0.515. The molecule has 1 unspecified atom stereocenters. The van der Waals surface area contributed by atoms with E-state index in [1.165, 1.54) is 0 Å². The van der Waals surface area contributed by atoms with E-state index < -0.39 is 11.9 Å².